The molecule has 2 rings (SSSR count). The van der Waals surface area contributed by atoms with Gasteiger partial charge < -0.3 is 10.6 Å². The molecule has 0 spiro atoms. The minimum Gasteiger partial charge on any atom is -0.357 e. The van der Waals surface area contributed by atoms with Gasteiger partial charge in [-0.25, -0.2) is 8.42 Å². The zero-order chi connectivity index (χ0) is 14.0. The van der Waals surface area contributed by atoms with Crippen molar-refractivity contribution in [2.45, 2.75) is 18.3 Å². The number of thiocarbonyl (C=S) groups is 1. The lowest BCUT2D eigenvalue weighted by Gasteiger charge is -2.17. The Bertz CT molecular complexity index is 572. The molecule has 0 unspecified atom stereocenters. The van der Waals surface area contributed by atoms with E-state index in [0.717, 1.165) is 11.3 Å². The first-order valence-corrected chi connectivity index (χ1v) is 8.51. The highest BCUT2D eigenvalue weighted by Gasteiger charge is 2.36. The Balaban J connectivity index is 1.93. The second-order valence-electron chi connectivity index (χ2n) is 4.66. The average molecular weight is 319 g/mol. The highest BCUT2D eigenvalue weighted by atomic mass is 35.5. The molecule has 0 amide bonds. The first-order chi connectivity index (χ1) is 8.85. The molecule has 4 nitrogen and oxygen atoms in total. The smallest absolute Gasteiger partial charge is 0.171 e. The third-order valence-electron chi connectivity index (χ3n) is 2.91. The summed E-state index contributed by atoms with van der Waals surface area (Å²) in [5.74, 6) is 0.0241. The van der Waals surface area contributed by atoms with Crippen LogP contribution in [0, 0.1) is 6.92 Å². The molecule has 19 heavy (non-hydrogen) atoms. The fourth-order valence-corrected chi connectivity index (χ4v) is 4.73. The number of hydrogen-bond acceptors (Lipinski definition) is 3. The summed E-state index contributed by atoms with van der Waals surface area (Å²) in [7, 11) is -3.05. The van der Waals surface area contributed by atoms with Crippen molar-refractivity contribution >= 4 is 44.5 Å². The van der Waals surface area contributed by atoms with E-state index in [9.17, 15) is 8.42 Å². The van der Waals surface area contributed by atoms with Crippen LogP contribution in [0.15, 0.2) is 24.3 Å². The Morgan fingerprint density at radius 2 is 1.95 bits per heavy atom. The summed E-state index contributed by atoms with van der Waals surface area (Å²) in [6.07, 6.45) is 0. The van der Waals surface area contributed by atoms with Gasteiger partial charge in [0.25, 0.3) is 0 Å². The van der Waals surface area contributed by atoms with Crippen LogP contribution in [0.3, 0.4) is 0 Å². The van der Waals surface area contributed by atoms with Crippen LogP contribution in [0.2, 0.25) is 0 Å². The summed E-state index contributed by atoms with van der Waals surface area (Å²) in [6, 6.07) is 7.42. The molecule has 1 aliphatic heterocycles. The topological polar surface area (TPSA) is 58.2 Å². The Hall–Kier alpha value is -0.850. The van der Waals surface area contributed by atoms with E-state index in [1.807, 2.05) is 31.2 Å². The van der Waals surface area contributed by atoms with Crippen LogP contribution in [0.5, 0.6) is 0 Å². The molecule has 1 heterocycles. The number of aryl methyl sites for hydroxylation is 1. The van der Waals surface area contributed by atoms with Gasteiger partial charge in [-0.15, -0.1) is 11.6 Å². The summed E-state index contributed by atoms with van der Waals surface area (Å²) in [5.41, 5.74) is 2.02. The highest BCUT2D eigenvalue weighted by Crippen LogP contribution is 2.18. The minimum absolute atomic E-state index is 0.000628. The first-order valence-electron chi connectivity index (χ1n) is 5.84. The van der Waals surface area contributed by atoms with Crippen molar-refractivity contribution in [3.63, 3.8) is 0 Å². The molecule has 1 aromatic carbocycles. The van der Waals surface area contributed by atoms with Gasteiger partial charge >= 0.3 is 0 Å². The van der Waals surface area contributed by atoms with Crippen LogP contribution in [0.4, 0.5) is 5.69 Å². The van der Waals surface area contributed by atoms with Gasteiger partial charge in [-0.3, -0.25) is 0 Å². The molecule has 0 aromatic heterocycles. The molecular weight excluding hydrogens is 304 g/mol. The minimum atomic E-state index is -3.05. The van der Waals surface area contributed by atoms with Crippen molar-refractivity contribution in [1.29, 1.82) is 0 Å². The fraction of sp³-hybridized carbons (Fsp3) is 0.417. The predicted molar refractivity (Wildman–Crippen MR) is 82.6 cm³/mol. The summed E-state index contributed by atoms with van der Waals surface area (Å²) in [4.78, 5) is 0. The van der Waals surface area contributed by atoms with E-state index in [2.05, 4.69) is 10.6 Å². The molecule has 0 radical (unpaired) electrons. The van der Waals surface area contributed by atoms with Crippen LogP contribution in [0.25, 0.3) is 0 Å². The molecule has 1 fully saturated rings. The number of sulfone groups is 1. The van der Waals surface area contributed by atoms with E-state index < -0.39 is 15.2 Å². The lowest BCUT2D eigenvalue weighted by Crippen LogP contribution is -2.42. The lowest BCUT2D eigenvalue weighted by atomic mass is 10.2. The molecule has 2 N–H and O–H groups in total. The molecule has 2 atom stereocenters. The summed E-state index contributed by atoms with van der Waals surface area (Å²) in [5, 5.41) is 5.91. The fourth-order valence-electron chi connectivity index (χ4n) is 1.91. The Labute approximate surface area is 123 Å². The number of anilines is 1. The van der Waals surface area contributed by atoms with Crippen molar-refractivity contribution in [1.82, 2.24) is 5.32 Å². The van der Waals surface area contributed by atoms with Gasteiger partial charge in [0.2, 0.25) is 0 Å². The van der Waals surface area contributed by atoms with Gasteiger partial charge in [-0.05, 0) is 31.3 Å². The standard InChI is InChI=1S/C12H15ClN2O2S2/c1-8-2-4-9(5-3-8)14-12(18)15-11-7-19(16,17)6-10(11)13/h2-5,10-11H,6-7H2,1H3,(H2,14,15,18)/t10-,11+/m0/s1. The van der Waals surface area contributed by atoms with E-state index in [1.165, 1.54) is 0 Å². The molecule has 7 heteroatoms. The van der Waals surface area contributed by atoms with Crippen LogP contribution in [-0.2, 0) is 9.84 Å². The maximum Gasteiger partial charge on any atom is 0.171 e. The number of alkyl halides is 1. The van der Waals surface area contributed by atoms with Gasteiger partial charge in [0, 0.05) is 5.69 Å². The van der Waals surface area contributed by atoms with Crippen molar-refractivity contribution in [3.8, 4) is 0 Å². The van der Waals surface area contributed by atoms with E-state index in [1.54, 1.807) is 0 Å². The molecule has 1 aliphatic rings. The number of benzene rings is 1. The van der Waals surface area contributed by atoms with E-state index >= 15 is 0 Å². The molecule has 0 saturated carbocycles. The zero-order valence-electron chi connectivity index (χ0n) is 10.4. The molecular formula is C12H15ClN2O2S2. The van der Waals surface area contributed by atoms with Crippen LogP contribution in [0.1, 0.15) is 5.56 Å². The van der Waals surface area contributed by atoms with Gasteiger partial charge in [-0.2, -0.15) is 0 Å². The maximum atomic E-state index is 11.4. The Morgan fingerprint density at radius 3 is 2.47 bits per heavy atom. The summed E-state index contributed by atoms with van der Waals surface area (Å²) < 4.78 is 22.9. The lowest BCUT2D eigenvalue weighted by molar-refractivity contribution is 0.600. The van der Waals surface area contributed by atoms with E-state index in [-0.39, 0.29) is 17.5 Å². The van der Waals surface area contributed by atoms with Crippen LogP contribution < -0.4 is 10.6 Å². The van der Waals surface area contributed by atoms with E-state index in [0.29, 0.717) is 5.11 Å². The predicted octanol–water partition coefficient (Wildman–Crippen LogP) is 1.69. The van der Waals surface area contributed by atoms with Crippen LogP contribution >= 0.6 is 23.8 Å². The molecule has 1 aromatic rings. The van der Waals surface area contributed by atoms with Crippen molar-refractivity contribution < 1.29 is 8.42 Å². The van der Waals surface area contributed by atoms with Gasteiger partial charge in [0.15, 0.2) is 14.9 Å². The number of rotatable bonds is 2. The Morgan fingerprint density at radius 1 is 1.32 bits per heavy atom. The Kier molecular flexibility index (Phi) is 4.32. The normalized spacial score (nSPS) is 24.9. The second-order valence-corrected chi connectivity index (χ2v) is 7.79. The maximum absolute atomic E-state index is 11.4. The van der Waals surface area contributed by atoms with Gasteiger partial charge in [0.05, 0.1) is 22.9 Å². The van der Waals surface area contributed by atoms with Gasteiger partial charge in [-0.1, -0.05) is 17.7 Å². The molecule has 0 bridgehead atoms. The highest BCUT2D eigenvalue weighted by molar-refractivity contribution is 7.91. The van der Waals surface area contributed by atoms with Crippen LogP contribution in [-0.4, -0.2) is 36.5 Å². The first kappa shape index (κ1) is 14.6. The monoisotopic (exact) mass is 318 g/mol. The molecule has 104 valence electrons. The molecule has 0 aliphatic carbocycles. The SMILES string of the molecule is Cc1ccc(NC(=S)N[C@@H]2CS(=O)(=O)C[C@@H]2Cl)cc1. The second kappa shape index (κ2) is 5.64. The number of halogens is 1. The summed E-state index contributed by atoms with van der Waals surface area (Å²) >= 11 is 11.2. The van der Waals surface area contributed by atoms with E-state index in [4.69, 9.17) is 23.8 Å². The molecule has 1 saturated heterocycles. The third kappa shape index (κ3) is 4.06. The zero-order valence-corrected chi connectivity index (χ0v) is 12.8. The largest absolute Gasteiger partial charge is 0.357 e. The third-order valence-corrected chi connectivity index (χ3v) is 5.50. The van der Waals surface area contributed by atoms with Crippen molar-refractivity contribution in [3.05, 3.63) is 29.8 Å². The summed E-state index contributed by atoms with van der Waals surface area (Å²) in [6.45, 7) is 2.00. The van der Waals surface area contributed by atoms with Gasteiger partial charge in [0.1, 0.15) is 0 Å². The number of hydrogen-bond donors (Lipinski definition) is 2. The number of nitrogens with one attached hydrogen (secondary N) is 2. The quantitative estimate of drug-likeness (QED) is 0.642. The van der Waals surface area contributed by atoms with Crippen molar-refractivity contribution in [2.24, 2.45) is 0 Å². The average Bonchev–Trinajstić information content (AvgIpc) is 2.55. The van der Waals surface area contributed by atoms with Crippen molar-refractivity contribution in [2.75, 3.05) is 16.8 Å².